The highest BCUT2D eigenvalue weighted by atomic mass is 35.5. The van der Waals surface area contributed by atoms with Crippen molar-refractivity contribution in [3.63, 3.8) is 0 Å². The van der Waals surface area contributed by atoms with Gasteiger partial charge in [0.1, 0.15) is 5.84 Å². The lowest BCUT2D eigenvalue weighted by Gasteiger charge is -2.44. The number of amidine groups is 2. The molecule has 0 aromatic heterocycles. The van der Waals surface area contributed by atoms with Gasteiger partial charge in [-0.15, -0.1) is 0 Å². The predicted octanol–water partition coefficient (Wildman–Crippen LogP) is 3.25. The SMILES string of the molecule is C[C@@H]1CCN(Cc2ccccc2)C[C@@H]1N(C)C1=NC(Cl)=NC2N=CCC12. The van der Waals surface area contributed by atoms with Crippen LogP contribution >= 0.6 is 11.6 Å². The Morgan fingerprint density at radius 3 is 2.88 bits per heavy atom. The van der Waals surface area contributed by atoms with Crippen LogP contribution in [0.3, 0.4) is 0 Å². The number of nitrogens with zero attached hydrogens (tertiary/aromatic N) is 5. The first-order chi connectivity index (χ1) is 12.6. The number of halogens is 1. The van der Waals surface area contributed by atoms with E-state index in [1.54, 1.807) is 0 Å². The highest BCUT2D eigenvalue weighted by Crippen LogP contribution is 2.30. The van der Waals surface area contributed by atoms with E-state index in [-0.39, 0.29) is 12.1 Å². The third-order valence-electron chi connectivity index (χ3n) is 5.87. The maximum atomic E-state index is 6.18. The molecule has 138 valence electrons. The predicted molar refractivity (Wildman–Crippen MR) is 108 cm³/mol. The molecule has 3 aliphatic rings. The molecular formula is C20H26ClN5. The van der Waals surface area contributed by atoms with Gasteiger partial charge in [0.15, 0.2) is 6.17 Å². The minimum atomic E-state index is -0.0863. The molecule has 3 heterocycles. The van der Waals surface area contributed by atoms with Gasteiger partial charge in [-0.25, -0.2) is 9.98 Å². The average Bonchev–Trinajstić information content (AvgIpc) is 3.11. The van der Waals surface area contributed by atoms with Crippen molar-refractivity contribution in [1.29, 1.82) is 0 Å². The number of rotatable bonds is 3. The van der Waals surface area contributed by atoms with E-state index in [1.807, 2.05) is 6.21 Å². The van der Waals surface area contributed by atoms with E-state index in [2.05, 4.69) is 69.1 Å². The zero-order valence-corrected chi connectivity index (χ0v) is 16.2. The molecular weight excluding hydrogens is 346 g/mol. The first-order valence-corrected chi connectivity index (χ1v) is 9.82. The smallest absolute Gasteiger partial charge is 0.221 e. The van der Waals surface area contributed by atoms with E-state index in [0.29, 0.717) is 17.3 Å². The quantitative estimate of drug-likeness (QED) is 0.765. The highest BCUT2D eigenvalue weighted by molar-refractivity contribution is 6.65. The van der Waals surface area contributed by atoms with Crippen LogP contribution in [0.4, 0.5) is 0 Å². The third-order valence-corrected chi connectivity index (χ3v) is 6.05. The van der Waals surface area contributed by atoms with Crippen molar-refractivity contribution in [3.8, 4) is 0 Å². The molecule has 4 rings (SSSR count). The summed E-state index contributed by atoms with van der Waals surface area (Å²) in [7, 11) is 2.16. The largest absolute Gasteiger partial charge is 0.358 e. The topological polar surface area (TPSA) is 43.6 Å². The summed E-state index contributed by atoms with van der Waals surface area (Å²) < 4.78 is 0. The number of likely N-dealkylation sites (tertiary alicyclic amines) is 1. The van der Waals surface area contributed by atoms with Crippen LogP contribution in [0.15, 0.2) is 45.3 Å². The lowest BCUT2D eigenvalue weighted by atomic mass is 9.90. The number of hydrogen-bond acceptors (Lipinski definition) is 5. The molecule has 0 N–H and O–H groups in total. The summed E-state index contributed by atoms with van der Waals surface area (Å²) >= 11 is 6.18. The van der Waals surface area contributed by atoms with Crippen LogP contribution in [-0.4, -0.2) is 59.5 Å². The molecule has 1 aromatic rings. The monoisotopic (exact) mass is 371 g/mol. The summed E-state index contributed by atoms with van der Waals surface area (Å²) in [6, 6.07) is 11.1. The third kappa shape index (κ3) is 3.55. The average molecular weight is 372 g/mol. The number of likely N-dealkylation sites (N-methyl/N-ethyl adjacent to an activating group) is 1. The molecule has 6 heteroatoms. The Balaban J connectivity index is 1.49. The number of piperidine rings is 1. The number of aliphatic imine (C=N–C) groups is 3. The van der Waals surface area contributed by atoms with Gasteiger partial charge in [0.25, 0.3) is 0 Å². The number of hydrogen-bond donors (Lipinski definition) is 0. The summed E-state index contributed by atoms with van der Waals surface area (Å²) in [5, 5.41) is 0.330. The Labute approximate surface area is 160 Å². The second kappa shape index (κ2) is 7.49. The van der Waals surface area contributed by atoms with Gasteiger partial charge in [-0.1, -0.05) is 37.3 Å². The molecule has 0 aliphatic carbocycles. The molecule has 0 saturated carbocycles. The van der Waals surface area contributed by atoms with E-state index in [9.17, 15) is 0 Å². The number of benzene rings is 1. The fourth-order valence-corrected chi connectivity index (χ4v) is 4.49. The van der Waals surface area contributed by atoms with Crippen molar-refractivity contribution >= 4 is 28.9 Å². The first kappa shape index (κ1) is 17.7. The van der Waals surface area contributed by atoms with Crippen LogP contribution in [0, 0.1) is 11.8 Å². The van der Waals surface area contributed by atoms with Crippen molar-refractivity contribution < 1.29 is 0 Å². The normalized spacial score (nSPS) is 31.3. The summed E-state index contributed by atoms with van der Waals surface area (Å²) in [5.41, 5.74) is 1.37. The molecule has 5 nitrogen and oxygen atoms in total. The molecule has 0 amide bonds. The van der Waals surface area contributed by atoms with Crippen LogP contribution in [-0.2, 0) is 6.54 Å². The van der Waals surface area contributed by atoms with Crippen molar-refractivity contribution in [3.05, 3.63) is 35.9 Å². The second-order valence-corrected chi connectivity index (χ2v) is 7.96. The van der Waals surface area contributed by atoms with Crippen molar-refractivity contribution in [1.82, 2.24) is 9.80 Å². The maximum Gasteiger partial charge on any atom is 0.221 e. The molecule has 2 unspecified atom stereocenters. The fourth-order valence-electron chi connectivity index (χ4n) is 4.30. The summed E-state index contributed by atoms with van der Waals surface area (Å²) in [5.74, 6) is 1.90. The Kier molecular flexibility index (Phi) is 5.09. The van der Waals surface area contributed by atoms with Gasteiger partial charge in [-0.05, 0) is 42.5 Å². The second-order valence-electron chi connectivity index (χ2n) is 7.62. The summed E-state index contributed by atoms with van der Waals surface area (Å²) in [4.78, 5) is 18.3. The molecule has 1 fully saturated rings. The standard InChI is InChI=1S/C20H26ClN5/c1-14-9-11-26(12-15-6-4-3-5-7-15)13-17(14)25(2)19-16-8-10-22-18(16)23-20(21)24-19/h3-7,10,14,16-18H,8-9,11-13H2,1-2H3/t14-,16?,17+,18?/m1/s1. The zero-order chi connectivity index (χ0) is 18.1. The minimum absolute atomic E-state index is 0.0863. The molecule has 3 aliphatic heterocycles. The van der Waals surface area contributed by atoms with E-state index < -0.39 is 0 Å². The van der Waals surface area contributed by atoms with Crippen molar-refractivity contribution in [2.24, 2.45) is 26.8 Å². The van der Waals surface area contributed by atoms with Gasteiger partial charge in [0.2, 0.25) is 5.29 Å². The molecule has 1 saturated heterocycles. The Bertz CT molecular complexity index is 729. The zero-order valence-electron chi connectivity index (χ0n) is 15.4. The molecule has 0 radical (unpaired) electrons. The van der Waals surface area contributed by atoms with Gasteiger partial charge in [-0.3, -0.25) is 9.89 Å². The maximum absolute atomic E-state index is 6.18. The Morgan fingerprint density at radius 1 is 1.27 bits per heavy atom. The van der Waals surface area contributed by atoms with Gasteiger partial charge in [-0.2, -0.15) is 0 Å². The van der Waals surface area contributed by atoms with Crippen LogP contribution in [0.25, 0.3) is 0 Å². The molecule has 26 heavy (non-hydrogen) atoms. The van der Waals surface area contributed by atoms with Crippen LogP contribution < -0.4 is 0 Å². The number of fused-ring (bicyclic) bond motifs is 1. The van der Waals surface area contributed by atoms with Crippen molar-refractivity contribution in [2.45, 2.75) is 38.5 Å². The Hall–Kier alpha value is -1.72. The first-order valence-electron chi connectivity index (χ1n) is 9.44. The van der Waals surface area contributed by atoms with E-state index in [4.69, 9.17) is 11.6 Å². The Morgan fingerprint density at radius 2 is 2.08 bits per heavy atom. The van der Waals surface area contributed by atoms with Crippen LogP contribution in [0.2, 0.25) is 0 Å². The lowest BCUT2D eigenvalue weighted by Crippen LogP contribution is -2.54. The minimum Gasteiger partial charge on any atom is -0.358 e. The van der Waals surface area contributed by atoms with Crippen molar-refractivity contribution in [2.75, 3.05) is 20.1 Å². The highest BCUT2D eigenvalue weighted by Gasteiger charge is 2.38. The summed E-state index contributed by atoms with van der Waals surface area (Å²) in [6.07, 6.45) is 3.97. The molecule has 4 atom stereocenters. The van der Waals surface area contributed by atoms with Crippen LogP contribution in [0.5, 0.6) is 0 Å². The molecule has 0 spiro atoms. The van der Waals surface area contributed by atoms with Gasteiger partial charge >= 0.3 is 0 Å². The molecule has 1 aromatic carbocycles. The van der Waals surface area contributed by atoms with E-state index in [1.165, 1.54) is 12.0 Å². The van der Waals surface area contributed by atoms with Crippen LogP contribution in [0.1, 0.15) is 25.3 Å². The van der Waals surface area contributed by atoms with Gasteiger partial charge in [0, 0.05) is 32.4 Å². The lowest BCUT2D eigenvalue weighted by molar-refractivity contribution is 0.102. The molecule has 0 bridgehead atoms. The van der Waals surface area contributed by atoms with Gasteiger partial charge in [0.05, 0.1) is 5.92 Å². The van der Waals surface area contributed by atoms with E-state index in [0.717, 1.165) is 31.9 Å². The fraction of sp³-hybridized carbons (Fsp3) is 0.550. The van der Waals surface area contributed by atoms with E-state index >= 15 is 0 Å². The van der Waals surface area contributed by atoms with Gasteiger partial charge < -0.3 is 4.90 Å². The summed E-state index contributed by atoms with van der Waals surface area (Å²) in [6.45, 7) is 5.54.